The number of amides is 1. The zero-order chi connectivity index (χ0) is 18.8. The molecule has 27 heavy (non-hydrogen) atoms. The van der Waals surface area contributed by atoms with Crippen LogP contribution < -0.4 is 10.1 Å². The molecule has 0 aliphatic heterocycles. The number of rotatable bonds is 5. The first-order chi connectivity index (χ1) is 13.1. The zero-order valence-electron chi connectivity index (χ0n) is 15.0. The number of anilines is 1. The Kier molecular flexibility index (Phi) is 4.64. The normalized spacial score (nSPS) is 12.1. The minimum Gasteiger partial charge on any atom is -0.481 e. The van der Waals surface area contributed by atoms with Gasteiger partial charge < -0.3 is 10.1 Å². The fourth-order valence-corrected chi connectivity index (χ4v) is 3.58. The van der Waals surface area contributed by atoms with Crippen LogP contribution in [0.2, 0.25) is 0 Å². The molecule has 4 rings (SSSR count). The number of fused-ring (bicyclic) bond motifs is 1. The average Bonchev–Trinajstić information content (AvgIpc) is 3.25. The lowest BCUT2D eigenvalue weighted by molar-refractivity contribution is -0.122. The van der Waals surface area contributed by atoms with Gasteiger partial charge in [-0.05, 0) is 31.5 Å². The molecule has 5 nitrogen and oxygen atoms in total. The molecule has 1 unspecified atom stereocenters. The highest BCUT2D eigenvalue weighted by atomic mass is 32.1. The summed E-state index contributed by atoms with van der Waals surface area (Å²) in [5.74, 6) is 1.11. The van der Waals surface area contributed by atoms with E-state index in [0.29, 0.717) is 11.6 Å². The van der Waals surface area contributed by atoms with Crippen LogP contribution in [0.3, 0.4) is 0 Å². The summed E-state index contributed by atoms with van der Waals surface area (Å²) in [6.45, 7) is 3.73. The number of nitrogens with zero attached hydrogens (tertiary/aromatic N) is 2. The van der Waals surface area contributed by atoms with Gasteiger partial charge in [0.1, 0.15) is 17.3 Å². The van der Waals surface area contributed by atoms with Crippen LogP contribution in [0.1, 0.15) is 12.5 Å². The van der Waals surface area contributed by atoms with E-state index >= 15 is 0 Å². The summed E-state index contributed by atoms with van der Waals surface area (Å²) in [7, 11) is 0. The number of imidazole rings is 1. The third kappa shape index (κ3) is 3.57. The van der Waals surface area contributed by atoms with Crippen LogP contribution in [0.15, 0.2) is 66.2 Å². The number of carbonyl (C=O) groups is 1. The maximum absolute atomic E-state index is 12.8. The Labute approximate surface area is 161 Å². The third-order valence-electron chi connectivity index (χ3n) is 4.22. The van der Waals surface area contributed by atoms with Gasteiger partial charge in [0.2, 0.25) is 0 Å². The van der Waals surface area contributed by atoms with Crippen molar-refractivity contribution in [2.24, 2.45) is 0 Å². The predicted octanol–water partition coefficient (Wildman–Crippen LogP) is 4.78. The molecule has 1 atom stereocenters. The minimum absolute atomic E-state index is 0.221. The predicted molar refractivity (Wildman–Crippen MR) is 108 cm³/mol. The SMILES string of the molecule is Cc1cccc(OC(C)C(=O)Nc2c(-c3ccccc3)nc3sccn23)c1. The molecular weight excluding hydrogens is 358 g/mol. The standard InChI is InChI=1S/C21H19N3O2S/c1-14-7-6-10-17(13-14)26-15(2)20(25)23-19-18(16-8-4-3-5-9-16)22-21-24(19)11-12-27-21/h3-13,15H,1-2H3,(H,23,25). The van der Waals surface area contributed by atoms with E-state index in [9.17, 15) is 4.79 Å². The Morgan fingerprint density at radius 2 is 2.00 bits per heavy atom. The largest absolute Gasteiger partial charge is 0.481 e. The third-order valence-corrected chi connectivity index (χ3v) is 4.98. The number of hydrogen-bond acceptors (Lipinski definition) is 4. The van der Waals surface area contributed by atoms with E-state index in [1.54, 1.807) is 6.92 Å². The van der Waals surface area contributed by atoms with Crippen LogP contribution in [0.5, 0.6) is 5.75 Å². The Morgan fingerprint density at radius 1 is 1.19 bits per heavy atom. The van der Waals surface area contributed by atoms with E-state index in [1.807, 2.05) is 77.5 Å². The molecule has 2 aromatic carbocycles. The van der Waals surface area contributed by atoms with Gasteiger partial charge in [-0.15, -0.1) is 11.3 Å². The number of carbonyl (C=O) groups excluding carboxylic acids is 1. The van der Waals surface area contributed by atoms with Crippen molar-refractivity contribution in [2.75, 3.05) is 5.32 Å². The summed E-state index contributed by atoms with van der Waals surface area (Å²) in [5.41, 5.74) is 2.79. The van der Waals surface area contributed by atoms with E-state index in [4.69, 9.17) is 4.74 Å². The topological polar surface area (TPSA) is 55.6 Å². The number of aromatic nitrogens is 2. The fraction of sp³-hybridized carbons (Fsp3) is 0.143. The van der Waals surface area contributed by atoms with Crippen LogP contribution >= 0.6 is 11.3 Å². The van der Waals surface area contributed by atoms with Crippen molar-refractivity contribution in [3.63, 3.8) is 0 Å². The maximum atomic E-state index is 12.8. The van der Waals surface area contributed by atoms with Crippen molar-refractivity contribution in [3.05, 3.63) is 71.7 Å². The van der Waals surface area contributed by atoms with Crippen molar-refractivity contribution < 1.29 is 9.53 Å². The summed E-state index contributed by atoms with van der Waals surface area (Å²) in [6.07, 6.45) is 1.26. The fourth-order valence-electron chi connectivity index (χ4n) is 2.87. The molecule has 0 aliphatic carbocycles. The van der Waals surface area contributed by atoms with E-state index in [0.717, 1.165) is 21.8 Å². The Balaban J connectivity index is 1.61. The molecule has 0 radical (unpaired) electrons. The van der Waals surface area contributed by atoms with Gasteiger partial charge >= 0.3 is 0 Å². The van der Waals surface area contributed by atoms with Crippen LogP contribution in [0.4, 0.5) is 5.82 Å². The molecule has 136 valence electrons. The first-order valence-corrected chi connectivity index (χ1v) is 9.55. The van der Waals surface area contributed by atoms with Gasteiger partial charge in [-0.3, -0.25) is 9.20 Å². The van der Waals surface area contributed by atoms with Gasteiger partial charge in [-0.1, -0.05) is 42.5 Å². The summed E-state index contributed by atoms with van der Waals surface area (Å²) < 4.78 is 7.70. The number of benzene rings is 2. The summed E-state index contributed by atoms with van der Waals surface area (Å²) in [5, 5.41) is 4.94. The zero-order valence-corrected chi connectivity index (χ0v) is 15.9. The molecule has 0 bridgehead atoms. The molecule has 4 aromatic rings. The quantitative estimate of drug-likeness (QED) is 0.545. The lowest BCUT2D eigenvalue weighted by Gasteiger charge is -2.15. The van der Waals surface area contributed by atoms with Gasteiger partial charge in [-0.2, -0.15) is 0 Å². The van der Waals surface area contributed by atoms with Crippen molar-refractivity contribution in [1.82, 2.24) is 9.38 Å². The van der Waals surface area contributed by atoms with E-state index in [-0.39, 0.29) is 5.91 Å². The number of aryl methyl sites for hydroxylation is 1. The minimum atomic E-state index is -0.639. The molecule has 1 N–H and O–H groups in total. The first kappa shape index (κ1) is 17.3. The molecule has 0 saturated heterocycles. The Morgan fingerprint density at radius 3 is 2.78 bits per heavy atom. The van der Waals surface area contributed by atoms with Gasteiger partial charge in [0.25, 0.3) is 5.91 Å². The molecule has 6 heteroatoms. The number of ether oxygens (including phenoxy) is 1. The first-order valence-electron chi connectivity index (χ1n) is 8.67. The van der Waals surface area contributed by atoms with Gasteiger partial charge in [0.15, 0.2) is 11.1 Å². The monoisotopic (exact) mass is 377 g/mol. The van der Waals surface area contributed by atoms with E-state index in [1.165, 1.54) is 11.3 Å². The molecule has 1 amide bonds. The van der Waals surface area contributed by atoms with Crippen molar-refractivity contribution in [2.45, 2.75) is 20.0 Å². The molecule has 0 spiro atoms. The maximum Gasteiger partial charge on any atom is 0.266 e. The smallest absolute Gasteiger partial charge is 0.266 e. The average molecular weight is 377 g/mol. The second-order valence-corrected chi connectivity index (χ2v) is 7.17. The molecule has 2 aromatic heterocycles. The van der Waals surface area contributed by atoms with Crippen LogP contribution in [-0.4, -0.2) is 21.4 Å². The van der Waals surface area contributed by atoms with E-state index in [2.05, 4.69) is 10.3 Å². The number of nitrogens with one attached hydrogen (secondary N) is 1. The van der Waals surface area contributed by atoms with Gasteiger partial charge in [-0.25, -0.2) is 4.98 Å². The van der Waals surface area contributed by atoms with Crippen molar-refractivity contribution in [3.8, 4) is 17.0 Å². The van der Waals surface area contributed by atoms with Crippen LogP contribution in [-0.2, 0) is 4.79 Å². The number of hydrogen-bond donors (Lipinski definition) is 1. The van der Waals surface area contributed by atoms with Crippen molar-refractivity contribution in [1.29, 1.82) is 0 Å². The summed E-state index contributed by atoms with van der Waals surface area (Å²) in [6, 6.07) is 17.5. The lowest BCUT2D eigenvalue weighted by Crippen LogP contribution is -2.30. The van der Waals surface area contributed by atoms with Crippen LogP contribution in [0.25, 0.3) is 16.2 Å². The number of thiazole rings is 1. The highest BCUT2D eigenvalue weighted by Crippen LogP contribution is 2.30. The lowest BCUT2D eigenvalue weighted by atomic mass is 10.1. The highest BCUT2D eigenvalue weighted by molar-refractivity contribution is 7.15. The van der Waals surface area contributed by atoms with Crippen molar-refractivity contribution >= 4 is 28.0 Å². The molecule has 0 saturated carbocycles. The highest BCUT2D eigenvalue weighted by Gasteiger charge is 2.21. The second-order valence-electron chi connectivity index (χ2n) is 6.30. The van der Waals surface area contributed by atoms with Gasteiger partial charge in [0, 0.05) is 17.1 Å². The summed E-state index contributed by atoms with van der Waals surface area (Å²) in [4.78, 5) is 18.3. The molecule has 0 fully saturated rings. The Bertz CT molecular complexity index is 1090. The van der Waals surface area contributed by atoms with Gasteiger partial charge in [0.05, 0.1) is 0 Å². The molecule has 0 aliphatic rings. The summed E-state index contributed by atoms with van der Waals surface area (Å²) >= 11 is 1.53. The Hall–Kier alpha value is -3.12. The van der Waals surface area contributed by atoms with Crippen LogP contribution in [0, 0.1) is 6.92 Å². The second kappa shape index (κ2) is 7.25. The molecular formula is C21H19N3O2S. The van der Waals surface area contributed by atoms with E-state index < -0.39 is 6.10 Å². The molecule has 2 heterocycles.